The standard InChI is InChI=1S/2C20H21NO5.C12H14BrNO4.C8H9NO3.C7H3Cl.C3H7Br.CO2.5CH4/c1-20(2)19(23)21(12-13-5-8-15(24-3)9-6-13)16-11-14(18(22)25-4)7-10-17(16)26-20;1-20(2)19(24)21(11-13-4-7-15(25-3)8-5-13)16-10-14(17(23)12-22)6-9-18(16)26-20;1-12(2,13)11(17)14-8-6-7(10(16)18-3)4-5-9(8)15;1-12-8(11)5-2-3-7(10)6(9)4-5;1-2-3-4-5-6-7-8;1-3(2)4;2-1-3;;;;;/h5-11H,12H2,1-4H3;4-10,22H,11-12H2,1-3H3;4-6,15H,1-3H3,(H,14,17);2-4,10H,9H2,1H3;1H3;3H,1-2H3;;5*1H4. The Labute approximate surface area is 621 Å². The van der Waals surface area contributed by atoms with Crippen molar-refractivity contribution >= 4 is 114 Å². The van der Waals surface area contributed by atoms with Crippen LogP contribution >= 0.6 is 43.5 Å². The molecule has 0 radical (unpaired) electrons. The lowest BCUT2D eigenvalue weighted by atomic mass is 10.0. The van der Waals surface area contributed by atoms with E-state index in [9.17, 15) is 38.7 Å². The summed E-state index contributed by atoms with van der Waals surface area (Å²) >= 11 is 11.4. The van der Waals surface area contributed by atoms with Crippen LogP contribution in [0.15, 0.2) is 121 Å². The van der Waals surface area contributed by atoms with E-state index in [0.29, 0.717) is 57.5 Å². The zero-order valence-corrected chi connectivity index (χ0v) is 59.7. The first-order valence-corrected chi connectivity index (χ1v) is 30.8. The number of aromatic hydroxyl groups is 2. The van der Waals surface area contributed by atoms with E-state index in [1.165, 1.54) is 57.7 Å². The highest BCUT2D eigenvalue weighted by atomic mass is 79.9. The number of carbonyl (C=O) groups excluding carboxylic acids is 9. The summed E-state index contributed by atoms with van der Waals surface area (Å²) in [4.78, 5) is 104. The van der Waals surface area contributed by atoms with E-state index in [1.54, 1.807) is 109 Å². The van der Waals surface area contributed by atoms with Gasteiger partial charge in [-0.05, 0) is 180 Å². The van der Waals surface area contributed by atoms with Crippen molar-refractivity contribution in [3.8, 4) is 69.5 Å². The lowest BCUT2D eigenvalue weighted by Gasteiger charge is -2.39. The maximum absolute atomic E-state index is 12.9. The van der Waals surface area contributed by atoms with Gasteiger partial charge in [-0.3, -0.25) is 19.2 Å². The van der Waals surface area contributed by atoms with Crippen LogP contribution in [0.5, 0.6) is 34.5 Å². The topological polar surface area (TPSA) is 323 Å². The molecule has 0 saturated carbocycles. The van der Waals surface area contributed by atoms with E-state index in [1.807, 2.05) is 48.5 Å². The van der Waals surface area contributed by atoms with Gasteiger partial charge >= 0.3 is 24.1 Å². The maximum atomic E-state index is 12.9. The zero-order chi connectivity index (χ0) is 73.4. The largest absolute Gasteiger partial charge is 0.506 e. The minimum atomic E-state index is -1.01. The number of hydrogen-bond donors (Lipinski definition) is 5. The molecule has 23 nitrogen and oxygen atoms in total. The van der Waals surface area contributed by atoms with Gasteiger partial charge in [0.05, 0.1) is 92.4 Å². The van der Waals surface area contributed by atoms with Crippen LogP contribution in [0.2, 0.25) is 0 Å². The molecule has 102 heavy (non-hydrogen) atoms. The summed E-state index contributed by atoms with van der Waals surface area (Å²) in [6.07, 6.45) is 0.250. The molecule has 0 fully saturated rings. The van der Waals surface area contributed by atoms with Gasteiger partial charge in [0.1, 0.15) is 41.1 Å². The first kappa shape index (κ1) is 98.1. The molecule has 554 valence electrons. The molecule has 0 aromatic heterocycles. The van der Waals surface area contributed by atoms with E-state index >= 15 is 0 Å². The first-order chi connectivity index (χ1) is 45.7. The number of methoxy groups -OCH3 is 5. The molecule has 0 aliphatic carbocycles. The number of ether oxygens (including phenoxy) is 7. The molecule has 6 aromatic carbocycles. The third-order valence-corrected chi connectivity index (χ3v) is 13.1. The second kappa shape index (κ2) is 47.7. The Morgan fingerprint density at radius 2 is 0.951 bits per heavy atom. The van der Waals surface area contributed by atoms with Crippen molar-refractivity contribution in [2.24, 2.45) is 0 Å². The molecule has 0 unspecified atom stereocenters. The van der Waals surface area contributed by atoms with Crippen LogP contribution < -0.4 is 39.8 Å². The molecule has 0 atom stereocenters. The fraction of sp³-hybridized carbons (Fsp3) is 0.342. The van der Waals surface area contributed by atoms with Crippen molar-refractivity contribution in [2.45, 2.75) is 133 Å². The molecule has 0 spiro atoms. The number of nitrogens with two attached hydrogens (primary N) is 1. The highest BCUT2D eigenvalue weighted by molar-refractivity contribution is 9.10. The molecule has 2 aliphatic rings. The third kappa shape index (κ3) is 31.1. The number of aliphatic hydroxyl groups is 1. The summed E-state index contributed by atoms with van der Waals surface area (Å²) in [5, 5.41) is 32.4. The van der Waals surface area contributed by atoms with Crippen molar-refractivity contribution in [2.75, 3.05) is 63.0 Å². The Bertz CT molecular complexity index is 3790. The maximum Gasteiger partial charge on any atom is 0.373 e. The average molecular weight is 1560 g/mol. The van der Waals surface area contributed by atoms with Gasteiger partial charge in [-0.25, -0.2) is 14.4 Å². The van der Waals surface area contributed by atoms with Gasteiger partial charge in [0, 0.05) is 27.6 Å². The van der Waals surface area contributed by atoms with Crippen LogP contribution in [0.25, 0.3) is 0 Å². The highest BCUT2D eigenvalue weighted by Crippen LogP contribution is 2.41. The predicted molar refractivity (Wildman–Crippen MR) is 406 cm³/mol. The predicted octanol–water partition coefficient (Wildman–Crippen LogP) is 14.4. The summed E-state index contributed by atoms with van der Waals surface area (Å²) in [6, 6.07) is 33.0. The second-order valence-electron chi connectivity index (χ2n) is 21.5. The molecule has 0 saturated heterocycles. The van der Waals surface area contributed by atoms with Gasteiger partial charge in [-0.15, -0.1) is 0 Å². The number of Topliss-reactive ketones (excluding diaryl/α,β-unsaturated/α-hetero) is 1. The molecule has 8 rings (SSSR count). The number of rotatable bonds is 13. The van der Waals surface area contributed by atoms with Gasteiger partial charge in [0.25, 0.3) is 11.8 Å². The number of fused-ring (bicyclic) bond motifs is 2. The summed E-state index contributed by atoms with van der Waals surface area (Å²) in [5.41, 5.74) is 7.87. The van der Waals surface area contributed by atoms with E-state index in [2.05, 4.69) is 95.5 Å². The molecule has 0 bridgehead atoms. The van der Waals surface area contributed by atoms with Gasteiger partial charge in [0.2, 0.25) is 5.91 Å². The van der Waals surface area contributed by atoms with Crippen molar-refractivity contribution < 1.29 is 91.6 Å². The summed E-state index contributed by atoms with van der Waals surface area (Å²) < 4.78 is 35.0. The Morgan fingerprint density at radius 3 is 1.30 bits per heavy atom. The number of carbonyl (C=O) groups is 7. The van der Waals surface area contributed by atoms with Crippen LogP contribution in [0, 0.1) is 35.0 Å². The molecular formula is C76H95Br2ClN4O19. The Kier molecular flexibility index (Phi) is 45.8. The number of nitrogens with zero attached hydrogens (tertiary/aromatic N) is 2. The number of esters is 3. The van der Waals surface area contributed by atoms with E-state index in [-0.39, 0.29) is 89.4 Å². The van der Waals surface area contributed by atoms with E-state index < -0.39 is 45.8 Å². The number of alkyl halides is 2. The fourth-order valence-corrected chi connectivity index (χ4v) is 8.03. The van der Waals surface area contributed by atoms with Crippen LogP contribution in [-0.2, 0) is 51.3 Å². The van der Waals surface area contributed by atoms with Gasteiger partial charge in [-0.2, -0.15) is 9.59 Å². The van der Waals surface area contributed by atoms with Crippen LogP contribution in [0.1, 0.15) is 152 Å². The Balaban J connectivity index is -0.000000593. The molecule has 6 aromatic rings. The number of hydrogen-bond acceptors (Lipinski definition) is 20. The zero-order valence-electron chi connectivity index (χ0n) is 55.7. The number of aliphatic hydroxyl groups excluding tert-OH is 1. The molecule has 3 amide bonds. The summed E-state index contributed by atoms with van der Waals surface area (Å²) in [6.45, 7) is 16.2. The van der Waals surface area contributed by atoms with Crippen molar-refractivity contribution in [1.82, 2.24) is 0 Å². The minimum Gasteiger partial charge on any atom is -0.506 e. The number of phenols is 2. The quantitative estimate of drug-likeness (QED) is 0.0136. The summed E-state index contributed by atoms with van der Waals surface area (Å²) in [7, 11) is 7.06. The van der Waals surface area contributed by atoms with Gasteiger partial charge in [0.15, 0.2) is 17.0 Å². The van der Waals surface area contributed by atoms with E-state index in [0.717, 1.165) is 22.6 Å². The smallest absolute Gasteiger partial charge is 0.373 e. The number of ketones is 1. The van der Waals surface area contributed by atoms with Gasteiger partial charge < -0.3 is 69.3 Å². The summed E-state index contributed by atoms with van der Waals surface area (Å²) in [5.74, 6) is 12.1. The van der Waals surface area contributed by atoms with Crippen LogP contribution in [0.3, 0.4) is 0 Å². The molecular weight excluding hydrogens is 1470 g/mol. The minimum absolute atomic E-state index is 0. The van der Waals surface area contributed by atoms with Crippen molar-refractivity contribution in [3.63, 3.8) is 0 Å². The number of benzene rings is 6. The first-order valence-electron chi connectivity index (χ1n) is 28.7. The second-order valence-corrected chi connectivity index (χ2v) is 25.5. The SMILES string of the molecule is C.C.C.C.C.CC#CC#CC#CCl.CC(C)Br.COC(=O)c1ccc(O)c(N)c1.COC(=O)c1ccc(O)c(NC(=O)C(C)(C)Br)c1.COC(=O)c1ccc2c(c1)N(Cc1ccc(OC)cc1)C(=O)C(C)(C)O2.COc1ccc(CN2C(=O)C(C)(C)Oc3ccc(C(=O)CO)cc32)cc1.O=C=O. The number of nitrogen functional groups attached to an aromatic ring is 1. The molecule has 6 N–H and O–H groups in total. The normalized spacial score (nSPS) is 11.5. The van der Waals surface area contributed by atoms with Crippen LogP contribution in [-0.4, -0.2) is 125 Å². The molecule has 2 heterocycles. The fourth-order valence-electron chi connectivity index (χ4n) is 7.89. The monoisotopic (exact) mass is 1560 g/mol. The lowest BCUT2D eigenvalue weighted by Crippen LogP contribution is -2.52. The average Bonchev–Trinajstić information content (AvgIpc) is 0.768. The number of halogens is 3. The molecule has 2 aliphatic heterocycles. The molecule has 26 heteroatoms. The number of phenolic OH excluding ortho intramolecular Hbond substituents is 2. The lowest BCUT2D eigenvalue weighted by molar-refractivity contribution is -0.191. The third-order valence-electron chi connectivity index (χ3n) is 12.7. The van der Waals surface area contributed by atoms with E-state index in [4.69, 9.17) is 60.8 Å². The van der Waals surface area contributed by atoms with Crippen molar-refractivity contribution in [1.29, 1.82) is 0 Å². The van der Waals surface area contributed by atoms with Crippen molar-refractivity contribution in [3.05, 3.63) is 155 Å². The Morgan fingerprint density at radius 1 is 0.598 bits per heavy atom. The van der Waals surface area contributed by atoms with Gasteiger partial charge in [-0.1, -0.05) is 113 Å². The number of amides is 3. The van der Waals surface area contributed by atoms with Crippen LogP contribution in [0.4, 0.5) is 22.7 Å². The number of nitrogens with one attached hydrogen (secondary N) is 1. The highest BCUT2D eigenvalue weighted by Gasteiger charge is 2.42. The Hall–Kier alpha value is -10.3. The number of anilines is 4.